The lowest BCUT2D eigenvalue weighted by Crippen LogP contribution is -2.23. The van der Waals surface area contributed by atoms with E-state index in [1.165, 1.54) is 230 Å². The molecule has 0 saturated heterocycles. The lowest BCUT2D eigenvalue weighted by molar-refractivity contribution is -0.256. The minimum absolute atomic E-state index is 0.0116. The molecule has 94 heavy (non-hydrogen) atoms. The number of carboxylic acids is 4. The number of unbranched alkanes of at least 4 members (excludes halogenated alkanes) is 28. The van der Waals surface area contributed by atoms with Crippen molar-refractivity contribution in [2.75, 3.05) is 49.3 Å². The number of rotatable bonds is 50. The summed E-state index contributed by atoms with van der Waals surface area (Å²) in [6, 6.07) is 10.5. The zero-order valence-corrected chi connectivity index (χ0v) is 62.9. The molecule has 4 rings (SSSR count). The fourth-order valence-corrected chi connectivity index (χ4v) is 24.4. The quantitative estimate of drug-likeness (QED) is 0.0182. The van der Waals surface area contributed by atoms with Crippen LogP contribution in [0.3, 0.4) is 0 Å². The van der Waals surface area contributed by atoms with Crippen LogP contribution in [0.15, 0.2) is 70.5 Å². The number of hydrogen-bond donors (Lipinski definition) is 4. The molecule has 0 saturated carbocycles. The molecule has 4 N–H and O–H groups in total. The van der Waals surface area contributed by atoms with E-state index in [4.69, 9.17) is 19.3 Å². The summed E-state index contributed by atoms with van der Waals surface area (Å²) >= 11 is 0. The summed E-state index contributed by atoms with van der Waals surface area (Å²) in [5.41, 5.74) is -1.25. The van der Waals surface area contributed by atoms with Crippen molar-refractivity contribution in [1.82, 2.24) is 0 Å². The third kappa shape index (κ3) is 37.1. The predicted molar refractivity (Wildman–Crippen MR) is 394 cm³/mol. The number of fused-ring (bicyclic) bond motifs is 2. The van der Waals surface area contributed by atoms with Crippen LogP contribution in [0.5, 0.6) is 0 Å². The molecule has 4 aromatic carbocycles. The molecular formula is C76H126O14P2S2. The zero-order chi connectivity index (χ0) is 70.3. The minimum Gasteiger partial charge on any atom is -0.545 e. The van der Waals surface area contributed by atoms with Crippen molar-refractivity contribution < 1.29 is 65.5 Å². The van der Waals surface area contributed by atoms with Gasteiger partial charge in [0, 0.05) is 25.3 Å². The van der Waals surface area contributed by atoms with Gasteiger partial charge in [-0.2, -0.15) is 16.8 Å². The third-order valence-corrected chi connectivity index (χ3v) is 30.1. The molecular weight excluding hydrogens is 1260 g/mol. The molecule has 0 spiro atoms. The van der Waals surface area contributed by atoms with Crippen LogP contribution >= 0.6 is 14.5 Å². The van der Waals surface area contributed by atoms with Gasteiger partial charge in [0.05, 0.1) is 72.4 Å². The lowest BCUT2D eigenvalue weighted by atomic mass is 10.0. The summed E-state index contributed by atoms with van der Waals surface area (Å²) < 4.78 is 63.3. The highest BCUT2D eigenvalue weighted by Gasteiger charge is 2.36. The molecule has 0 aliphatic rings. The first-order valence-electron chi connectivity index (χ1n) is 36.6. The average molecular weight is 1390 g/mol. The Kier molecular flexibility index (Phi) is 47.9. The van der Waals surface area contributed by atoms with Crippen LogP contribution in [0.25, 0.3) is 21.5 Å². The topological polar surface area (TPSA) is 264 Å². The number of carboxylic acid groups (broad SMARTS) is 4. The van der Waals surface area contributed by atoms with E-state index in [-0.39, 0.29) is 38.2 Å². The molecule has 536 valence electrons. The highest BCUT2D eigenvalue weighted by Crippen LogP contribution is 2.62. The van der Waals surface area contributed by atoms with Crippen molar-refractivity contribution >= 4 is 80.2 Å². The number of aromatic carboxylic acids is 4. The van der Waals surface area contributed by atoms with Gasteiger partial charge >= 0.3 is 11.9 Å². The summed E-state index contributed by atoms with van der Waals surface area (Å²) in [6.45, 7) is 18.9. The van der Waals surface area contributed by atoms with Gasteiger partial charge in [0.25, 0.3) is 20.2 Å². The largest absolute Gasteiger partial charge is 0.545 e. The zero-order valence-electron chi connectivity index (χ0n) is 59.5. The first kappa shape index (κ1) is 88.0. The van der Waals surface area contributed by atoms with Crippen LogP contribution in [-0.2, 0) is 20.2 Å². The van der Waals surface area contributed by atoms with E-state index in [9.17, 15) is 46.2 Å². The Morgan fingerprint density at radius 1 is 0.309 bits per heavy atom. The van der Waals surface area contributed by atoms with E-state index in [1.54, 1.807) is 62.1 Å². The van der Waals surface area contributed by atoms with E-state index in [0.29, 0.717) is 0 Å². The van der Waals surface area contributed by atoms with Gasteiger partial charge in [-0.1, -0.05) is 241 Å². The van der Waals surface area contributed by atoms with Crippen molar-refractivity contribution in [3.63, 3.8) is 0 Å². The highest BCUT2D eigenvalue weighted by atomic mass is 32.2. The van der Waals surface area contributed by atoms with E-state index in [2.05, 4.69) is 55.4 Å². The Bertz CT molecular complexity index is 2790. The van der Waals surface area contributed by atoms with Gasteiger partial charge in [0.2, 0.25) is 0 Å². The maximum atomic E-state index is 11.3. The Hall–Kier alpha value is -4.04. The summed E-state index contributed by atoms with van der Waals surface area (Å²) in [5.74, 6) is -5.78. The van der Waals surface area contributed by atoms with Crippen molar-refractivity contribution in [2.24, 2.45) is 0 Å². The van der Waals surface area contributed by atoms with Gasteiger partial charge in [0.1, 0.15) is 9.79 Å². The monoisotopic (exact) mass is 1390 g/mol. The minimum atomic E-state index is -4.67. The van der Waals surface area contributed by atoms with E-state index in [1.807, 2.05) is 0 Å². The normalized spacial score (nSPS) is 11.8. The summed E-state index contributed by atoms with van der Waals surface area (Å²) in [7, 11) is -10.5. The van der Waals surface area contributed by atoms with Crippen LogP contribution in [0.4, 0.5) is 0 Å². The molecule has 0 aromatic heterocycles. The average Bonchev–Trinajstić information content (AvgIpc) is 0.788. The molecule has 14 nitrogen and oxygen atoms in total. The van der Waals surface area contributed by atoms with Crippen LogP contribution < -0.4 is 10.2 Å². The Morgan fingerprint density at radius 2 is 0.532 bits per heavy atom. The van der Waals surface area contributed by atoms with Crippen molar-refractivity contribution in [2.45, 2.75) is 296 Å². The second-order valence-corrected chi connectivity index (χ2v) is 38.1. The van der Waals surface area contributed by atoms with E-state index < -0.39 is 74.0 Å². The van der Waals surface area contributed by atoms with Crippen molar-refractivity contribution in [1.29, 1.82) is 0 Å². The highest BCUT2D eigenvalue weighted by molar-refractivity contribution is 7.86. The van der Waals surface area contributed by atoms with Crippen LogP contribution in [0, 0.1) is 0 Å². The molecule has 0 aliphatic heterocycles. The second-order valence-electron chi connectivity index (χ2n) is 26.3. The Morgan fingerprint density at radius 3 is 0.798 bits per heavy atom. The van der Waals surface area contributed by atoms with E-state index in [0.717, 1.165) is 48.5 Å². The Balaban J connectivity index is 0.000000636. The molecule has 0 heterocycles. The van der Waals surface area contributed by atoms with Gasteiger partial charge in [-0.3, -0.25) is 9.11 Å². The molecule has 0 atom stereocenters. The number of carbonyl (C=O) groups is 4. The summed E-state index contributed by atoms with van der Waals surface area (Å²) in [4.78, 5) is 42.2. The molecule has 0 radical (unpaired) electrons. The summed E-state index contributed by atoms with van der Waals surface area (Å²) in [6.07, 6.45) is 65.9. The van der Waals surface area contributed by atoms with Crippen LogP contribution in [0.1, 0.15) is 328 Å². The van der Waals surface area contributed by atoms with Crippen molar-refractivity contribution in [3.05, 3.63) is 82.9 Å². The van der Waals surface area contributed by atoms with Gasteiger partial charge in [-0.25, -0.2) is 9.59 Å². The molecule has 18 heteroatoms. The maximum absolute atomic E-state index is 11.3. The van der Waals surface area contributed by atoms with Crippen LogP contribution in [0.2, 0.25) is 0 Å². The molecule has 0 unspecified atom stereocenters. The van der Waals surface area contributed by atoms with Crippen molar-refractivity contribution in [3.8, 4) is 0 Å². The van der Waals surface area contributed by atoms with E-state index >= 15 is 0 Å². The van der Waals surface area contributed by atoms with Gasteiger partial charge in [-0.15, -0.1) is 0 Å². The van der Waals surface area contributed by atoms with Gasteiger partial charge < -0.3 is 30.0 Å². The number of carbonyl (C=O) groups excluding carboxylic acids is 2. The smallest absolute Gasteiger partial charge is 0.335 e. The van der Waals surface area contributed by atoms with Crippen LogP contribution in [-0.4, -0.2) is 109 Å². The molecule has 0 amide bonds. The molecule has 0 bridgehead atoms. The van der Waals surface area contributed by atoms with Gasteiger partial charge in [-0.05, 0) is 129 Å². The summed E-state index contributed by atoms with van der Waals surface area (Å²) in [5, 5.41) is 39.5. The molecule has 0 fully saturated rings. The first-order valence-corrected chi connectivity index (χ1v) is 44.5. The fourth-order valence-electron chi connectivity index (χ4n) is 12.5. The standard InChI is InChI=1S/C30H64P.C22H48P.2C12H8O7S/c1-5-9-13-14-15-16-17-18-19-20-21-22-23-24-25-26-30-31(27-10-6-2,28-11-7-3)29-12-8-4;1-5-9-13-14-15-16-17-18-22-23(19-10-6-2,20-11-7-3)21-12-8-4;2*13-11(14)6-1-2-9-7(3-6)4-8(12(15)16)5-10(9)20(17,18)19/h5-30H2,1-4H3;5-22H2,1-4H3;2*1-5H,(H,13,14)(H,15,16)(H,17,18,19)/q2*+1;;/p-2. The molecule has 4 aromatic rings. The maximum Gasteiger partial charge on any atom is 0.335 e. The lowest BCUT2D eigenvalue weighted by Gasteiger charge is -2.28. The SMILES string of the molecule is CCCCCCCCCCCCCCCCCC[P+](CCCC)(CCCC)CCCC.CCCCCCCCCC[P+](CCCC)(CCCC)CCCC.O=C(O)c1ccc2c(S(=O)(=O)O)cc(C(=O)O)cc2c1.O=C([O-])c1ccc2c(S(=O)(=O)O)cc(C(=O)[O-])cc2c1. The molecule has 0 aliphatic carbocycles. The Labute approximate surface area is 571 Å². The number of hydrogen-bond acceptors (Lipinski definition) is 10. The second kappa shape index (κ2) is 51.2. The first-order chi connectivity index (χ1) is 44.9. The number of benzene rings is 4. The predicted octanol–water partition coefficient (Wildman–Crippen LogP) is 20.5. The van der Waals surface area contributed by atoms with Gasteiger partial charge in [0.15, 0.2) is 0 Å². The fraction of sp³-hybridized carbons (Fsp3) is 0.684. The third-order valence-electron chi connectivity index (χ3n) is 18.2.